The van der Waals surface area contributed by atoms with E-state index in [-0.39, 0.29) is 23.8 Å². The Morgan fingerprint density at radius 3 is 2.58 bits per heavy atom. The van der Waals surface area contributed by atoms with Crippen LogP contribution in [0.25, 0.3) is 5.69 Å². The fraction of sp³-hybridized carbons (Fsp3) is 0.250. The van der Waals surface area contributed by atoms with Crippen molar-refractivity contribution in [2.45, 2.75) is 18.9 Å². The molecule has 4 rings (SSSR count). The summed E-state index contributed by atoms with van der Waals surface area (Å²) in [5.74, 6) is -1.87. The smallest absolute Gasteiger partial charge is 0.323 e. The molecule has 2 amide bonds. The third-order valence-corrected chi connectivity index (χ3v) is 6.57. The zero-order valence-corrected chi connectivity index (χ0v) is 20.9. The quantitative estimate of drug-likeness (QED) is 0.468. The van der Waals surface area contributed by atoms with Crippen LogP contribution < -0.4 is 16.6 Å². The third kappa shape index (κ3) is 7.00. The minimum atomic E-state index is -0.650. The second-order valence-corrected chi connectivity index (χ2v) is 9.46. The van der Waals surface area contributed by atoms with E-state index in [2.05, 4.69) is 5.32 Å². The number of thiophene rings is 1. The number of nitrogens with two attached hydrogens (primary N) is 1. The summed E-state index contributed by atoms with van der Waals surface area (Å²) < 4.78 is 21.0. The molecule has 1 aliphatic heterocycles. The summed E-state index contributed by atoms with van der Waals surface area (Å²) >= 11 is 6.70. The number of ether oxygens (including phenoxy) is 1. The van der Waals surface area contributed by atoms with E-state index >= 15 is 0 Å². The second kappa shape index (κ2) is 12.4. The molecule has 0 saturated carbocycles. The van der Waals surface area contributed by atoms with Crippen LogP contribution in [0.15, 0.2) is 59.5 Å². The second-order valence-electron chi connectivity index (χ2n) is 7.74. The number of carbonyl (C=O) groups is 3. The zero-order valence-electron chi connectivity index (χ0n) is 19.3. The van der Waals surface area contributed by atoms with Crippen molar-refractivity contribution in [1.82, 2.24) is 9.47 Å². The van der Waals surface area contributed by atoms with Crippen LogP contribution in [0.1, 0.15) is 22.5 Å². The molecule has 1 aliphatic rings. The Kier molecular flexibility index (Phi) is 9.34. The van der Waals surface area contributed by atoms with Crippen molar-refractivity contribution in [3.63, 3.8) is 0 Å². The van der Waals surface area contributed by atoms with E-state index in [0.717, 1.165) is 6.42 Å². The van der Waals surface area contributed by atoms with Crippen LogP contribution >= 0.6 is 22.9 Å². The van der Waals surface area contributed by atoms with Gasteiger partial charge in [-0.05, 0) is 49.7 Å². The molecule has 3 aromatic rings. The number of likely N-dealkylation sites (tertiary alicyclic amines) is 1. The standard InChI is InChI=1S/C19H20FN3O4.C5H4ClNOS/c1-27-19(26)16-5-4-9-22(16)12-17(24)21-15-8-7-13(11-14(15)20)23-10-3-2-6-18(23)25;6-4-2-1-3(9-4)5(7)8/h2-3,6-8,10-11,16H,4-5,9,12H2,1H3,(H,21,24);1-2H,(H2,7,8). The van der Waals surface area contributed by atoms with E-state index in [9.17, 15) is 23.6 Å². The van der Waals surface area contributed by atoms with Gasteiger partial charge < -0.3 is 15.8 Å². The van der Waals surface area contributed by atoms with E-state index in [1.165, 1.54) is 47.4 Å². The number of nitrogens with zero attached hydrogens (tertiary/aromatic N) is 2. The minimum absolute atomic E-state index is 0.0153. The summed E-state index contributed by atoms with van der Waals surface area (Å²) in [7, 11) is 1.31. The van der Waals surface area contributed by atoms with Crippen molar-refractivity contribution in [3.05, 3.63) is 80.1 Å². The summed E-state index contributed by atoms with van der Waals surface area (Å²) in [5, 5.41) is 2.51. The number of nitrogens with one attached hydrogen (secondary N) is 1. The Balaban J connectivity index is 0.000000338. The maximum Gasteiger partial charge on any atom is 0.323 e. The van der Waals surface area contributed by atoms with E-state index in [0.29, 0.717) is 27.9 Å². The van der Waals surface area contributed by atoms with Crippen molar-refractivity contribution in [2.24, 2.45) is 5.73 Å². The molecule has 0 bridgehead atoms. The molecule has 12 heteroatoms. The molecule has 1 unspecified atom stereocenters. The summed E-state index contributed by atoms with van der Waals surface area (Å²) in [6, 6.07) is 11.6. The monoisotopic (exact) mass is 534 g/mol. The number of methoxy groups -OCH3 is 1. The molecule has 1 aromatic carbocycles. The summed E-state index contributed by atoms with van der Waals surface area (Å²) in [6.07, 6.45) is 2.96. The normalized spacial score (nSPS) is 15.0. The number of carbonyl (C=O) groups excluding carboxylic acids is 3. The predicted octanol–water partition coefficient (Wildman–Crippen LogP) is 3.05. The molecule has 3 heterocycles. The van der Waals surface area contributed by atoms with Gasteiger partial charge in [0.15, 0.2) is 0 Å². The Bertz CT molecular complexity index is 1310. The lowest BCUT2D eigenvalue weighted by atomic mass is 10.2. The van der Waals surface area contributed by atoms with Gasteiger partial charge in [0, 0.05) is 18.3 Å². The largest absolute Gasteiger partial charge is 0.468 e. The van der Waals surface area contributed by atoms with E-state index < -0.39 is 23.7 Å². The van der Waals surface area contributed by atoms with Crippen LogP contribution in [0.4, 0.5) is 10.1 Å². The van der Waals surface area contributed by atoms with Crippen molar-refractivity contribution < 1.29 is 23.5 Å². The van der Waals surface area contributed by atoms with Gasteiger partial charge in [0.2, 0.25) is 5.91 Å². The van der Waals surface area contributed by atoms with Crippen LogP contribution in [0.3, 0.4) is 0 Å². The first kappa shape index (κ1) is 27.1. The van der Waals surface area contributed by atoms with Crippen LogP contribution in [0.2, 0.25) is 4.34 Å². The number of primary amides is 1. The van der Waals surface area contributed by atoms with Crippen LogP contribution in [0, 0.1) is 5.82 Å². The van der Waals surface area contributed by atoms with Gasteiger partial charge in [0.25, 0.3) is 11.5 Å². The number of esters is 1. The number of anilines is 1. The highest BCUT2D eigenvalue weighted by Gasteiger charge is 2.32. The average Bonchev–Trinajstić information content (AvgIpc) is 3.50. The molecular weight excluding hydrogens is 511 g/mol. The lowest BCUT2D eigenvalue weighted by Gasteiger charge is -2.21. The predicted molar refractivity (Wildman–Crippen MR) is 135 cm³/mol. The van der Waals surface area contributed by atoms with Gasteiger partial charge in [-0.15, -0.1) is 11.3 Å². The van der Waals surface area contributed by atoms with Gasteiger partial charge in [0.05, 0.1) is 34.2 Å². The highest BCUT2D eigenvalue weighted by atomic mass is 35.5. The number of rotatable bonds is 6. The molecule has 0 radical (unpaired) electrons. The highest BCUT2D eigenvalue weighted by molar-refractivity contribution is 7.17. The van der Waals surface area contributed by atoms with E-state index in [1.807, 2.05) is 0 Å². The SMILES string of the molecule is COC(=O)C1CCCN1CC(=O)Nc1ccc(-n2ccccc2=O)cc1F.NC(=O)c1ccc(Cl)s1. The first-order valence-electron chi connectivity index (χ1n) is 10.8. The Morgan fingerprint density at radius 2 is 2.00 bits per heavy atom. The maximum absolute atomic E-state index is 14.4. The third-order valence-electron chi connectivity index (χ3n) is 5.33. The number of hydrogen-bond acceptors (Lipinski definition) is 7. The Morgan fingerprint density at radius 1 is 1.22 bits per heavy atom. The van der Waals surface area contributed by atoms with Crippen molar-refractivity contribution in [2.75, 3.05) is 25.5 Å². The molecular formula is C24H24ClFN4O5S. The van der Waals surface area contributed by atoms with Crippen molar-refractivity contribution in [3.8, 4) is 5.69 Å². The average molecular weight is 535 g/mol. The summed E-state index contributed by atoms with van der Waals surface area (Å²) in [5.41, 5.74) is 5.04. The molecule has 2 aromatic heterocycles. The first-order chi connectivity index (χ1) is 17.2. The first-order valence-corrected chi connectivity index (χ1v) is 12.0. The van der Waals surface area contributed by atoms with Crippen molar-refractivity contribution >= 4 is 46.4 Å². The molecule has 190 valence electrons. The highest BCUT2D eigenvalue weighted by Crippen LogP contribution is 2.21. The number of benzene rings is 1. The lowest BCUT2D eigenvalue weighted by Crippen LogP contribution is -2.41. The van der Waals surface area contributed by atoms with Gasteiger partial charge in [-0.25, -0.2) is 4.39 Å². The van der Waals surface area contributed by atoms with Gasteiger partial charge in [0.1, 0.15) is 11.9 Å². The molecule has 1 atom stereocenters. The molecule has 0 spiro atoms. The van der Waals surface area contributed by atoms with Gasteiger partial charge in [-0.2, -0.15) is 0 Å². The molecule has 1 fully saturated rings. The van der Waals surface area contributed by atoms with Crippen LogP contribution in [-0.4, -0.2) is 53.5 Å². The molecule has 0 aliphatic carbocycles. The minimum Gasteiger partial charge on any atom is -0.468 e. The Hall–Kier alpha value is -3.54. The number of pyridine rings is 1. The molecule has 36 heavy (non-hydrogen) atoms. The van der Waals surface area contributed by atoms with Gasteiger partial charge in [-0.1, -0.05) is 17.7 Å². The fourth-order valence-electron chi connectivity index (χ4n) is 3.64. The van der Waals surface area contributed by atoms with E-state index in [4.69, 9.17) is 22.1 Å². The van der Waals surface area contributed by atoms with Gasteiger partial charge in [-0.3, -0.25) is 28.6 Å². The maximum atomic E-state index is 14.4. The van der Waals surface area contributed by atoms with Crippen LogP contribution in [-0.2, 0) is 14.3 Å². The Labute approximate surface area is 215 Å². The zero-order chi connectivity index (χ0) is 26.2. The number of amides is 2. The van der Waals surface area contributed by atoms with Gasteiger partial charge >= 0.3 is 5.97 Å². The van der Waals surface area contributed by atoms with Crippen molar-refractivity contribution in [1.29, 1.82) is 0 Å². The number of halogens is 2. The molecule has 1 saturated heterocycles. The summed E-state index contributed by atoms with van der Waals surface area (Å²) in [6.45, 7) is 0.574. The van der Waals surface area contributed by atoms with E-state index in [1.54, 1.807) is 35.2 Å². The number of hydrogen-bond donors (Lipinski definition) is 2. The topological polar surface area (TPSA) is 124 Å². The molecule has 3 N–H and O–H groups in total. The fourth-order valence-corrected chi connectivity index (χ4v) is 4.53. The number of aromatic nitrogens is 1. The summed E-state index contributed by atoms with van der Waals surface area (Å²) in [4.78, 5) is 48.4. The van der Waals surface area contributed by atoms with Crippen LogP contribution in [0.5, 0.6) is 0 Å². The lowest BCUT2D eigenvalue weighted by molar-refractivity contribution is -0.146. The molecule has 9 nitrogen and oxygen atoms in total.